The van der Waals surface area contributed by atoms with Crippen LogP contribution in [0.3, 0.4) is 0 Å². The molecule has 1 aliphatic heterocycles. The van der Waals surface area contributed by atoms with Crippen molar-refractivity contribution in [2.24, 2.45) is 0 Å². The summed E-state index contributed by atoms with van der Waals surface area (Å²) in [4.78, 5) is 36.0. The molecule has 2 unspecified atom stereocenters. The van der Waals surface area contributed by atoms with Gasteiger partial charge in [-0.3, -0.25) is 14.2 Å². The lowest BCUT2D eigenvalue weighted by Crippen LogP contribution is -2.48. The second-order valence-corrected chi connectivity index (χ2v) is 11.6. The summed E-state index contributed by atoms with van der Waals surface area (Å²) in [7, 11) is 0. The number of halogens is 1. The van der Waals surface area contributed by atoms with Gasteiger partial charge in [-0.2, -0.15) is 0 Å². The number of benzene rings is 1. The summed E-state index contributed by atoms with van der Waals surface area (Å²) in [6.45, 7) is 4.25. The number of aryl methyl sites for hydroxylation is 2. The van der Waals surface area contributed by atoms with Crippen molar-refractivity contribution in [3.63, 3.8) is 0 Å². The first kappa shape index (κ1) is 22.9. The van der Waals surface area contributed by atoms with Gasteiger partial charge in [0.2, 0.25) is 5.91 Å². The van der Waals surface area contributed by atoms with E-state index in [1.807, 2.05) is 17.0 Å². The highest BCUT2D eigenvalue weighted by atomic mass is 35.5. The molecule has 0 saturated carbocycles. The maximum atomic E-state index is 13.8. The zero-order chi connectivity index (χ0) is 23.1. The minimum atomic E-state index is -0.0450. The first-order chi connectivity index (χ1) is 15.9. The first-order valence-electron chi connectivity index (χ1n) is 11.7. The van der Waals surface area contributed by atoms with E-state index in [9.17, 15) is 9.59 Å². The van der Waals surface area contributed by atoms with Crippen LogP contribution in [-0.4, -0.2) is 38.2 Å². The monoisotopic (exact) mass is 501 g/mol. The molecule has 1 amide bonds. The van der Waals surface area contributed by atoms with Crippen molar-refractivity contribution in [1.29, 1.82) is 0 Å². The molecule has 2 aromatic heterocycles. The van der Waals surface area contributed by atoms with Gasteiger partial charge in [0.25, 0.3) is 5.56 Å². The van der Waals surface area contributed by atoms with Crippen LogP contribution in [0.4, 0.5) is 0 Å². The molecular formula is C25H28ClN3O2S2. The Morgan fingerprint density at radius 3 is 2.55 bits per heavy atom. The van der Waals surface area contributed by atoms with Crippen molar-refractivity contribution >= 4 is 50.8 Å². The van der Waals surface area contributed by atoms with Gasteiger partial charge in [-0.15, -0.1) is 11.3 Å². The van der Waals surface area contributed by atoms with Crippen LogP contribution < -0.4 is 5.56 Å². The van der Waals surface area contributed by atoms with Gasteiger partial charge < -0.3 is 4.90 Å². The second-order valence-electron chi connectivity index (χ2n) is 9.12. The van der Waals surface area contributed by atoms with Crippen molar-refractivity contribution in [1.82, 2.24) is 14.5 Å². The summed E-state index contributed by atoms with van der Waals surface area (Å²) in [5.74, 6) is 0.382. The summed E-state index contributed by atoms with van der Waals surface area (Å²) < 4.78 is 1.67. The Kier molecular flexibility index (Phi) is 6.56. The summed E-state index contributed by atoms with van der Waals surface area (Å²) in [6.07, 6.45) is 7.47. The van der Waals surface area contributed by atoms with E-state index in [-0.39, 0.29) is 29.3 Å². The molecule has 0 spiro atoms. The van der Waals surface area contributed by atoms with Crippen LogP contribution in [0.15, 0.2) is 34.2 Å². The molecule has 1 fully saturated rings. The van der Waals surface area contributed by atoms with Crippen molar-refractivity contribution in [3.05, 3.63) is 50.1 Å². The molecule has 2 aliphatic rings. The van der Waals surface area contributed by atoms with Gasteiger partial charge in [-0.05, 0) is 88.6 Å². The maximum absolute atomic E-state index is 13.8. The summed E-state index contributed by atoms with van der Waals surface area (Å²) >= 11 is 9.11. The van der Waals surface area contributed by atoms with Gasteiger partial charge in [0.05, 0.1) is 16.8 Å². The normalized spacial score (nSPS) is 20.8. The highest BCUT2D eigenvalue weighted by Gasteiger charge is 2.29. The van der Waals surface area contributed by atoms with E-state index in [1.54, 1.807) is 28.0 Å². The van der Waals surface area contributed by atoms with E-state index in [2.05, 4.69) is 13.8 Å². The number of carbonyl (C=O) groups excluding carboxylic acids is 1. The van der Waals surface area contributed by atoms with Gasteiger partial charge in [0.15, 0.2) is 5.16 Å². The van der Waals surface area contributed by atoms with E-state index < -0.39 is 0 Å². The van der Waals surface area contributed by atoms with Crippen molar-refractivity contribution in [3.8, 4) is 5.69 Å². The highest BCUT2D eigenvalue weighted by molar-refractivity contribution is 7.99. The number of piperidine rings is 1. The minimum Gasteiger partial charge on any atom is -0.337 e. The van der Waals surface area contributed by atoms with E-state index in [0.717, 1.165) is 60.8 Å². The molecular weight excluding hydrogens is 474 g/mol. The van der Waals surface area contributed by atoms with E-state index in [0.29, 0.717) is 10.2 Å². The number of likely N-dealkylation sites (tertiary alicyclic amines) is 1. The largest absolute Gasteiger partial charge is 0.337 e. The molecule has 3 aromatic rings. The molecule has 174 valence electrons. The third-order valence-electron chi connectivity index (χ3n) is 6.85. The molecule has 1 aliphatic carbocycles. The molecule has 5 rings (SSSR count). The number of nitrogens with zero attached hydrogens (tertiary/aromatic N) is 3. The summed E-state index contributed by atoms with van der Waals surface area (Å²) in [6, 6.07) is 7.76. The minimum absolute atomic E-state index is 0.0450. The zero-order valence-corrected chi connectivity index (χ0v) is 21.4. The van der Waals surface area contributed by atoms with Crippen molar-refractivity contribution < 1.29 is 4.79 Å². The number of carbonyl (C=O) groups is 1. The average molecular weight is 502 g/mol. The van der Waals surface area contributed by atoms with Crippen LogP contribution in [0, 0.1) is 0 Å². The predicted octanol–water partition coefficient (Wildman–Crippen LogP) is 5.86. The number of hydrogen-bond donors (Lipinski definition) is 0. The van der Waals surface area contributed by atoms with E-state index in [1.165, 1.54) is 22.2 Å². The number of thioether (sulfide) groups is 1. The van der Waals surface area contributed by atoms with Crippen molar-refractivity contribution in [2.45, 2.75) is 76.0 Å². The Labute approximate surface area is 207 Å². The number of aromatic nitrogens is 2. The lowest BCUT2D eigenvalue weighted by Gasteiger charge is -2.39. The Balaban J connectivity index is 1.55. The Hall–Kier alpha value is -1.83. The topological polar surface area (TPSA) is 55.2 Å². The Morgan fingerprint density at radius 2 is 1.82 bits per heavy atom. The molecule has 0 radical (unpaired) electrons. The van der Waals surface area contributed by atoms with Gasteiger partial charge in [0.1, 0.15) is 4.83 Å². The molecule has 2 atom stereocenters. The van der Waals surface area contributed by atoms with E-state index >= 15 is 0 Å². The standard InChI is InChI=1S/C25H28ClN3O2S2/c1-15-6-5-7-16(2)28(15)21(30)14-32-25-27-23-22(19-8-3-4-9-20(19)33-23)24(31)29(25)18-12-10-17(26)11-13-18/h10-13,15-16H,3-9,14H2,1-2H3. The van der Waals surface area contributed by atoms with Crippen LogP contribution in [0.5, 0.6) is 0 Å². The fourth-order valence-electron chi connectivity index (χ4n) is 5.21. The van der Waals surface area contributed by atoms with Crippen LogP contribution in [0.2, 0.25) is 5.02 Å². The third kappa shape index (κ3) is 4.35. The van der Waals surface area contributed by atoms with Crippen LogP contribution in [0.1, 0.15) is 56.4 Å². The second kappa shape index (κ2) is 9.43. The SMILES string of the molecule is CC1CCCC(C)N1C(=O)CSc1nc2sc3c(c2c(=O)n1-c1ccc(Cl)cc1)CCCC3. The van der Waals surface area contributed by atoms with Gasteiger partial charge in [-0.1, -0.05) is 23.4 Å². The van der Waals surface area contributed by atoms with Crippen LogP contribution >= 0.6 is 34.7 Å². The van der Waals surface area contributed by atoms with E-state index in [4.69, 9.17) is 16.6 Å². The quantitative estimate of drug-likeness (QED) is 0.332. The highest BCUT2D eigenvalue weighted by Crippen LogP contribution is 2.35. The van der Waals surface area contributed by atoms with Gasteiger partial charge in [0, 0.05) is 22.0 Å². The molecule has 3 heterocycles. The molecule has 1 aromatic carbocycles. The number of amides is 1. The molecule has 0 bridgehead atoms. The fraction of sp³-hybridized carbons (Fsp3) is 0.480. The number of fused-ring (bicyclic) bond motifs is 3. The molecule has 5 nitrogen and oxygen atoms in total. The smallest absolute Gasteiger partial charge is 0.267 e. The number of hydrogen-bond acceptors (Lipinski definition) is 5. The Bertz CT molecular complexity index is 1240. The summed E-state index contributed by atoms with van der Waals surface area (Å²) in [5.41, 5.74) is 1.85. The van der Waals surface area contributed by atoms with Crippen molar-refractivity contribution in [2.75, 3.05) is 5.75 Å². The predicted molar refractivity (Wildman–Crippen MR) is 137 cm³/mol. The van der Waals surface area contributed by atoms with Crippen LogP contribution in [0.25, 0.3) is 15.9 Å². The number of thiophene rings is 1. The maximum Gasteiger partial charge on any atom is 0.267 e. The average Bonchev–Trinajstić information content (AvgIpc) is 3.17. The lowest BCUT2D eigenvalue weighted by molar-refractivity contribution is -0.134. The number of rotatable bonds is 4. The molecule has 0 N–H and O–H groups in total. The zero-order valence-electron chi connectivity index (χ0n) is 19.0. The summed E-state index contributed by atoms with van der Waals surface area (Å²) in [5, 5.41) is 1.93. The first-order valence-corrected chi connectivity index (χ1v) is 13.9. The molecule has 1 saturated heterocycles. The van der Waals surface area contributed by atoms with Crippen LogP contribution in [-0.2, 0) is 17.6 Å². The molecule has 8 heteroatoms. The van der Waals surface area contributed by atoms with Gasteiger partial charge >= 0.3 is 0 Å². The molecule has 33 heavy (non-hydrogen) atoms. The van der Waals surface area contributed by atoms with Gasteiger partial charge in [-0.25, -0.2) is 4.98 Å². The third-order valence-corrected chi connectivity index (χ3v) is 9.21. The lowest BCUT2D eigenvalue weighted by atomic mass is 9.97. The fourth-order valence-corrected chi connectivity index (χ4v) is 7.53. The Morgan fingerprint density at radius 1 is 1.12 bits per heavy atom.